The fraction of sp³-hybridized carbons (Fsp3) is 0.286. The largest absolute Gasteiger partial charge is 0.497 e. The molecule has 1 amide bonds. The van der Waals surface area contributed by atoms with Crippen LogP contribution in [0, 0.1) is 6.92 Å². The van der Waals surface area contributed by atoms with E-state index in [-0.39, 0.29) is 11.6 Å². The summed E-state index contributed by atoms with van der Waals surface area (Å²) >= 11 is 0. The average molecular weight is 454 g/mol. The van der Waals surface area contributed by atoms with Gasteiger partial charge in [-0.3, -0.25) is 4.79 Å². The van der Waals surface area contributed by atoms with Gasteiger partial charge in [0.15, 0.2) is 0 Å². The molecule has 0 unspecified atom stereocenters. The van der Waals surface area contributed by atoms with E-state index < -0.39 is 0 Å². The summed E-state index contributed by atoms with van der Waals surface area (Å²) in [5.41, 5.74) is 3.93. The van der Waals surface area contributed by atoms with Gasteiger partial charge in [-0.15, -0.1) is 0 Å². The third-order valence-electron chi connectivity index (χ3n) is 6.55. The van der Waals surface area contributed by atoms with Gasteiger partial charge in [-0.1, -0.05) is 47.4 Å². The number of aryl methyl sites for hydroxylation is 1. The Morgan fingerprint density at radius 2 is 1.62 bits per heavy atom. The van der Waals surface area contributed by atoms with E-state index in [1.807, 2.05) is 54.3 Å². The number of hydrogen-bond donors (Lipinski definition) is 0. The van der Waals surface area contributed by atoms with Crippen molar-refractivity contribution in [3.63, 3.8) is 0 Å². The number of carbonyl (C=O) groups excluding carboxylic acids is 2. The van der Waals surface area contributed by atoms with Crippen molar-refractivity contribution in [2.45, 2.75) is 25.7 Å². The SMILES string of the molecule is COc1ccc(C2CCN(C(=O)c3ccc(C)c([B]C(=O)c4ccccc4OC)c3)CC2)cc1. The molecule has 5 nitrogen and oxygen atoms in total. The molecule has 0 aromatic heterocycles. The first-order chi connectivity index (χ1) is 16.5. The number of likely N-dealkylation sites (tertiary alicyclic amines) is 1. The van der Waals surface area contributed by atoms with Crippen LogP contribution in [0.4, 0.5) is 0 Å². The van der Waals surface area contributed by atoms with Crippen LogP contribution in [0.2, 0.25) is 0 Å². The van der Waals surface area contributed by atoms with Crippen molar-refractivity contribution >= 4 is 24.3 Å². The van der Waals surface area contributed by atoms with E-state index in [1.165, 1.54) is 5.56 Å². The number of rotatable bonds is 7. The van der Waals surface area contributed by atoms with Crippen LogP contribution < -0.4 is 14.9 Å². The normalized spacial score (nSPS) is 13.9. The van der Waals surface area contributed by atoms with Crippen LogP contribution in [0.3, 0.4) is 0 Å². The fourth-order valence-electron chi connectivity index (χ4n) is 4.47. The van der Waals surface area contributed by atoms with E-state index >= 15 is 0 Å². The highest BCUT2D eigenvalue weighted by atomic mass is 16.5. The summed E-state index contributed by atoms with van der Waals surface area (Å²) in [6.45, 7) is 3.36. The molecule has 0 bridgehead atoms. The Balaban J connectivity index is 1.43. The van der Waals surface area contributed by atoms with Gasteiger partial charge < -0.3 is 19.2 Å². The minimum atomic E-state index is -0.148. The summed E-state index contributed by atoms with van der Waals surface area (Å²) in [4.78, 5) is 28.1. The van der Waals surface area contributed by atoms with E-state index in [9.17, 15) is 9.59 Å². The van der Waals surface area contributed by atoms with E-state index in [2.05, 4.69) is 12.1 Å². The predicted molar refractivity (Wildman–Crippen MR) is 135 cm³/mol. The molecule has 3 aromatic rings. The first kappa shape index (κ1) is 23.6. The molecule has 0 atom stereocenters. The second-order valence-electron chi connectivity index (χ2n) is 8.62. The van der Waals surface area contributed by atoms with Gasteiger partial charge in [-0.25, -0.2) is 0 Å². The molecule has 6 heteroatoms. The molecule has 1 aliphatic heterocycles. The Hall–Kier alpha value is -3.54. The lowest BCUT2D eigenvalue weighted by Gasteiger charge is -2.32. The first-order valence-corrected chi connectivity index (χ1v) is 11.6. The highest BCUT2D eigenvalue weighted by Gasteiger charge is 2.25. The van der Waals surface area contributed by atoms with E-state index in [0.717, 1.165) is 29.6 Å². The zero-order chi connectivity index (χ0) is 24.1. The zero-order valence-corrected chi connectivity index (χ0v) is 19.9. The zero-order valence-electron chi connectivity index (χ0n) is 19.9. The summed E-state index contributed by atoms with van der Waals surface area (Å²) in [5, 5.41) is 0. The van der Waals surface area contributed by atoms with Gasteiger partial charge in [-0.2, -0.15) is 0 Å². The lowest BCUT2D eigenvalue weighted by molar-refractivity contribution is 0.0713. The number of ether oxygens (including phenoxy) is 2. The van der Waals surface area contributed by atoms with E-state index in [4.69, 9.17) is 9.47 Å². The lowest BCUT2D eigenvalue weighted by Crippen LogP contribution is -2.38. The van der Waals surface area contributed by atoms with E-state index in [0.29, 0.717) is 35.9 Å². The summed E-state index contributed by atoms with van der Waals surface area (Å²) in [6.07, 6.45) is 1.85. The molecule has 173 valence electrons. The highest BCUT2D eigenvalue weighted by molar-refractivity contribution is 6.87. The summed E-state index contributed by atoms with van der Waals surface area (Å²) in [7, 11) is 4.80. The monoisotopic (exact) mass is 454 g/mol. The topological polar surface area (TPSA) is 55.8 Å². The van der Waals surface area contributed by atoms with Crippen molar-refractivity contribution in [2.75, 3.05) is 27.3 Å². The number of methoxy groups -OCH3 is 2. The number of hydrogen-bond acceptors (Lipinski definition) is 4. The molecule has 1 fully saturated rings. The molecule has 0 aliphatic carbocycles. The third kappa shape index (κ3) is 5.17. The molecule has 0 N–H and O–H groups in total. The molecule has 34 heavy (non-hydrogen) atoms. The molecule has 1 aliphatic rings. The van der Waals surface area contributed by atoms with Crippen LogP contribution in [-0.2, 0) is 0 Å². The van der Waals surface area contributed by atoms with Gasteiger partial charge in [0, 0.05) is 24.2 Å². The number of nitrogens with zero attached hydrogens (tertiary/aromatic N) is 1. The number of amides is 1. The summed E-state index contributed by atoms with van der Waals surface area (Å²) in [6, 6.07) is 20.9. The quantitative estimate of drug-likeness (QED) is 0.503. The van der Waals surface area contributed by atoms with Crippen molar-refractivity contribution in [1.29, 1.82) is 0 Å². The van der Waals surface area contributed by atoms with Crippen molar-refractivity contribution < 1.29 is 19.1 Å². The van der Waals surface area contributed by atoms with Crippen molar-refractivity contribution in [3.05, 3.63) is 89.0 Å². The van der Waals surface area contributed by atoms with Gasteiger partial charge in [0.2, 0.25) is 7.28 Å². The summed E-state index contributed by atoms with van der Waals surface area (Å²) in [5.74, 6) is 1.84. The van der Waals surface area contributed by atoms with Crippen molar-refractivity contribution in [2.24, 2.45) is 0 Å². The first-order valence-electron chi connectivity index (χ1n) is 11.6. The van der Waals surface area contributed by atoms with Crippen LogP contribution in [-0.4, -0.2) is 51.1 Å². The van der Waals surface area contributed by atoms with Crippen molar-refractivity contribution in [3.8, 4) is 11.5 Å². The molecule has 3 aromatic carbocycles. The molecule has 4 rings (SSSR count). The fourth-order valence-corrected chi connectivity index (χ4v) is 4.47. The molecule has 0 spiro atoms. The Morgan fingerprint density at radius 1 is 0.912 bits per heavy atom. The molecule has 1 heterocycles. The molecular weight excluding hydrogens is 425 g/mol. The number of carbonyl (C=O) groups is 2. The van der Waals surface area contributed by atoms with Crippen LogP contribution in [0.1, 0.15) is 50.6 Å². The maximum Gasteiger partial charge on any atom is 0.253 e. The standard InChI is InChI=1S/C28H29BNO4/c1-19-8-9-22(18-25(19)29-27(31)24-6-4-5-7-26(24)34-3)28(32)30-16-14-21(15-17-30)20-10-12-23(33-2)13-11-20/h4-13,18,21H,14-17H2,1-3H3. The van der Waals surface area contributed by atoms with Crippen LogP contribution in [0.5, 0.6) is 11.5 Å². The molecule has 0 saturated carbocycles. The number of benzene rings is 3. The minimum absolute atomic E-state index is 0.00701. The van der Waals surface area contributed by atoms with Gasteiger partial charge >= 0.3 is 0 Å². The van der Waals surface area contributed by atoms with Crippen LogP contribution in [0.25, 0.3) is 0 Å². The van der Waals surface area contributed by atoms with Crippen molar-refractivity contribution in [1.82, 2.24) is 4.90 Å². The molecule has 1 saturated heterocycles. The third-order valence-corrected chi connectivity index (χ3v) is 6.55. The number of para-hydroxylation sites is 1. The highest BCUT2D eigenvalue weighted by Crippen LogP contribution is 2.29. The maximum absolute atomic E-state index is 13.2. The van der Waals surface area contributed by atoms with Gasteiger partial charge in [0.1, 0.15) is 17.2 Å². The average Bonchev–Trinajstić information content (AvgIpc) is 2.89. The second kappa shape index (κ2) is 10.6. The Labute approximate surface area is 201 Å². The van der Waals surface area contributed by atoms with Crippen LogP contribution in [0.15, 0.2) is 66.7 Å². The van der Waals surface area contributed by atoms with E-state index in [1.54, 1.807) is 33.6 Å². The molecule has 1 radical (unpaired) electrons. The Bertz CT molecular complexity index is 1170. The maximum atomic E-state index is 13.2. The lowest BCUT2D eigenvalue weighted by atomic mass is 9.62. The minimum Gasteiger partial charge on any atom is -0.497 e. The van der Waals surface area contributed by atoms with Gasteiger partial charge in [-0.05, 0) is 61.6 Å². The second-order valence-corrected chi connectivity index (χ2v) is 8.62. The summed E-state index contributed by atoms with van der Waals surface area (Å²) < 4.78 is 10.6. The predicted octanol–water partition coefficient (Wildman–Crippen LogP) is 4.20. The number of piperidine rings is 1. The smallest absolute Gasteiger partial charge is 0.253 e. The Kier molecular flexibility index (Phi) is 7.36. The van der Waals surface area contributed by atoms with Gasteiger partial charge in [0.05, 0.1) is 14.2 Å². The van der Waals surface area contributed by atoms with Gasteiger partial charge in [0.25, 0.3) is 5.91 Å². The van der Waals surface area contributed by atoms with Crippen LogP contribution >= 0.6 is 0 Å². The molecular formula is C28H29BNO4. The Morgan fingerprint density at radius 3 is 2.29 bits per heavy atom.